The average molecular weight is 283 g/mol. The Hall–Kier alpha value is -1.20. The Kier molecular flexibility index (Phi) is 4.37. The summed E-state index contributed by atoms with van der Waals surface area (Å²) in [4.78, 5) is 24.9. The first-order chi connectivity index (χ1) is 8.99. The summed E-state index contributed by atoms with van der Waals surface area (Å²) in [5, 5.41) is 0.327. The molecule has 0 N–H and O–H groups in total. The van der Waals surface area contributed by atoms with Gasteiger partial charge in [0.05, 0.1) is 11.2 Å². The Balaban J connectivity index is 2.20. The number of carbonyl (C=O) groups is 1. The number of likely N-dealkylation sites (N-methyl/N-ethyl adjacent to an activating group) is 1. The van der Waals surface area contributed by atoms with Gasteiger partial charge in [0.1, 0.15) is 5.82 Å². The molecule has 0 aromatic carbocycles. The molecule has 104 valence electrons. The van der Waals surface area contributed by atoms with Crippen LogP contribution >= 0.6 is 11.6 Å². The summed E-state index contributed by atoms with van der Waals surface area (Å²) in [6.07, 6.45) is 1.52. The minimum atomic E-state index is -0.0950. The first kappa shape index (κ1) is 14.2. The van der Waals surface area contributed by atoms with Crippen LogP contribution in [-0.4, -0.2) is 58.9 Å². The van der Waals surface area contributed by atoms with Crippen LogP contribution in [0.25, 0.3) is 0 Å². The van der Waals surface area contributed by atoms with Crippen LogP contribution in [0.3, 0.4) is 0 Å². The van der Waals surface area contributed by atoms with Crippen LogP contribution in [0.2, 0.25) is 5.02 Å². The van der Waals surface area contributed by atoms with Gasteiger partial charge in [-0.15, -0.1) is 0 Å². The molecule has 0 atom stereocenters. The lowest BCUT2D eigenvalue weighted by molar-refractivity contribution is 0.0658. The van der Waals surface area contributed by atoms with Crippen LogP contribution in [0.5, 0.6) is 0 Å². The molecule has 5 nitrogen and oxygen atoms in total. The minimum absolute atomic E-state index is 0.0950. The van der Waals surface area contributed by atoms with Gasteiger partial charge in [-0.1, -0.05) is 25.4 Å². The Morgan fingerprint density at radius 1 is 1.32 bits per heavy atom. The summed E-state index contributed by atoms with van der Waals surface area (Å²) >= 11 is 6.06. The van der Waals surface area contributed by atoms with Gasteiger partial charge in [-0.3, -0.25) is 4.79 Å². The maximum Gasteiger partial charge on any atom is 0.274 e. The van der Waals surface area contributed by atoms with Crippen molar-refractivity contribution in [3.8, 4) is 0 Å². The largest absolute Gasteiger partial charge is 0.335 e. The predicted molar refractivity (Wildman–Crippen MR) is 74.5 cm³/mol. The Morgan fingerprint density at radius 3 is 2.53 bits per heavy atom. The van der Waals surface area contributed by atoms with Gasteiger partial charge in [0.25, 0.3) is 5.91 Å². The highest BCUT2D eigenvalue weighted by Gasteiger charge is 2.24. The second-order valence-electron chi connectivity index (χ2n) is 5.17. The van der Waals surface area contributed by atoms with Crippen molar-refractivity contribution in [1.29, 1.82) is 0 Å². The van der Waals surface area contributed by atoms with Crippen molar-refractivity contribution in [2.75, 3.05) is 33.2 Å². The van der Waals surface area contributed by atoms with Gasteiger partial charge in [0.15, 0.2) is 5.69 Å². The van der Waals surface area contributed by atoms with Crippen molar-refractivity contribution in [3.05, 3.63) is 22.7 Å². The van der Waals surface area contributed by atoms with E-state index in [1.165, 1.54) is 6.20 Å². The van der Waals surface area contributed by atoms with E-state index in [0.717, 1.165) is 13.1 Å². The van der Waals surface area contributed by atoms with Crippen molar-refractivity contribution < 1.29 is 4.79 Å². The second-order valence-corrected chi connectivity index (χ2v) is 5.58. The number of hydrogen-bond donors (Lipinski definition) is 0. The quantitative estimate of drug-likeness (QED) is 0.827. The van der Waals surface area contributed by atoms with Gasteiger partial charge in [0, 0.05) is 32.1 Å². The third-order valence-corrected chi connectivity index (χ3v) is 3.55. The molecule has 1 aliphatic rings. The number of piperazine rings is 1. The molecule has 19 heavy (non-hydrogen) atoms. The van der Waals surface area contributed by atoms with Crippen molar-refractivity contribution >= 4 is 17.5 Å². The highest BCUT2D eigenvalue weighted by molar-refractivity contribution is 6.33. The zero-order valence-corrected chi connectivity index (χ0v) is 12.3. The van der Waals surface area contributed by atoms with E-state index < -0.39 is 0 Å². The van der Waals surface area contributed by atoms with Gasteiger partial charge in [0.2, 0.25) is 0 Å². The van der Waals surface area contributed by atoms with Crippen molar-refractivity contribution in [2.24, 2.45) is 0 Å². The second kappa shape index (κ2) is 5.84. The number of hydrogen-bond acceptors (Lipinski definition) is 4. The van der Waals surface area contributed by atoms with Crippen LogP contribution in [0.1, 0.15) is 36.1 Å². The molecule has 2 heterocycles. The fourth-order valence-corrected chi connectivity index (χ4v) is 2.14. The third-order valence-electron chi connectivity index (χ3n) is 3.27. The van der Waals surface area contributed by atoms with E-state index in [1.54, 1.807) is 4.90 Å². The molecule has 1 amide bonds. The summed E-state index contributed by atoms with van der Waals surface area (Å²) in [7, 11) is 2.05. The van der Waals surface area contributed by atoms with Crippen LogP contribution < -0.4 is 0 Å². The maximum atomic E-state index is 12.4. The van der Waals surface area contributed by atoms with E-state index >= 15 is 0 Å². The molecule has 6 heteroatoms. The van der Waals surface area contributed by atoms with Gasteiger partial charge >= 0.3 is 0 Å². The lowest BCUT2D eigenvalue weighted by atomic mass is 10.2. The SMILES string of the molecule is CC(C)c1ncc(Cl)c(C(=O)N2CCN(C)CC2)n1. The predicted octanol–water partition coefficient (Wildman–Crippen LogP) is 1.64. The van der Waals surface area contributed by atoms with Gasteiger partial charge in [-0.2, -0.15) is 0 Å². The standard InChI is InChI=1S/C13H19ClN4O/c1-9(2)12-15-8-10(14)11(16-12)13(19)18-6-4-17(3)5-7-18/h8-9H,4-7H2,1-3H3. The van der Waals surface area contributed by atoms with E-state index in [1.807, 2.05) is 13.8 Å². The molecule has 0 bridgehead atoms. The van der Waals surface area contributed by atoms with E-state index in [0.29, 0.717) is 29.6 Å². The summed E-state index contributed by atoms with van der Waals surface area (Å²) in [6, 6.07) is 0. The van der Waals surface area contributed by atoms with E-state index in [-0.39, 0.29) is 11.8 Å². The van der Waals surface area contributed by atoms with E-state index in [2.05, 4.69) is 21.9 Å². The molecule has 1 aromatic heterocycles. The van der Waals surface area contributed by atoms with Crippen molar-refractivity contribution in [3.63, 3.8) is 0 Å². The summed E-state index contributed by atoms with van der Waals surface area (Å²) in [5.41, 5.74) is 0.324. The molecule has 0 aliphatic carbocycles. The lowest BCUT2D eigenvalue weighted by Crippen LogP contribution is -2.47. The minimum Gasteiger partial charge on any atom is -0.335 e. The van der Waals surface area contributed by atoms with Crippen LogP contribution in [0, 0.1) is 0 Å². The highest BCUT2D eigenvalue weighted by atomic mass is 35.5. The Labute approximate surface area is 118 Å². The van der Waals surface area contributed by atoms with Gasteiger partial charge in [-0.05, 0) is 7.05 Å². The highest BCUT2D eigenvalue weighted by Crippen LogP contribution is 2.18. The Bertz CT molecular complexity index is 470. The van der Waals surface area contributed by atoms with Crippen LogP contribution in [-0.2, 0) is 0 Å². The number of amides is 1. The molecule has 0 spiro atoms. The molecule has 0 unspecified atom stereocenters. The number of nitrogens with zero attached hydrogens (tertiary/aromatic N) is 4. The summed E-state index contributed by atoms with van der Waals surface area (Å²) < 4.78 is 0. The maximum absolute atomic E-state index is 12.4. The topological polar surface area (TPSA) is 49.3 Å². The van der Waals surface area contributed by atoms with E-state index in [4.69, 9.17) is 11.6 Å². The fourth-order valence-electron chi connectivity index (χ4n) is 1.97. The van der Waals surface area contributed by atoms with Crippen LogP contribution in [0.4, 0.5) is 0 Å². The molecule has 1 aromatic rings. The number of rotatable bonds is 2. The molecule has 1 aliphatic heterocycles. The average Bonchev–Trinajstić information content (AvgIpc) is 2.39. The number of carbonyl (C=O) groups excluding carboxylic acids is 1. The Morgan fingerprint density at radius 2 is 1.95 bits per heavy atom. The first-order valence-corrected chi connectivity index (χ1v) is 6.87. The van der Waals surface area contributed by atoms with E-state index in [9.17, 15) is 4.79 Å². The molecule has 0 saturated carbocycles. The number of halogens is 1. The molecule has 1 saturated heterocycles. The zero-order valence-electron chi connectivity index (χ0n) is 11.6. The first-order valence-electron chi connectivity index (χ1n) is 6.49. The molecular weight excluding hydrogens is 264 g/mol. The molecule has 1 fully saturated rings. The molecule has 2 rings (SSSR count). The van der Waals surface area contributed by atoms with Crippen molar-refractivity contribution in [1.82, 2.24) is 19.8 Å². The van der Waals surface area contributed by atoms with Crippen LogP contribution in [0.15, 0.2) is 6.20 Å². The molecular formula is C13H19ClN4O. The third kappa shape index (κ3) is 3.22. The summed E-state index contributed by atoms with van der Waals surface area (Å²) in [5.74, 6) is 0.737. The van der Waals surface area contributed by atoms with Gasteiger partial charge < -0.3 is 9.80 Å². The fraction of sp³-hybridized carbons (Fsp3) is 0.615. The lowest BCUT2D eigenvalue weighted by Gasteiger charge is -2.32. The smallest absolute Gasteiger partial charge is 0.274 e. The van der Waals surface area contributed by atoms with Gasteiger partial charge in [-0.25, -0.2) is 9.97 Å². The normalized spacial score (nSPS) is 17.0. The number of aromatic nitrogens is 2. The summed E-state index contributed by atoms with van der Waals surface area (Å²) in [6.45, 7) is 7.18. The van der Waals surface area contributed by atoms with Crippen molar-refractivity contribution in [2.45, 2.75) is 19.8 Å². The zero-order chi connectivity index (χ0) is 14.0. The monoisotopic (exact) mass is 282 g/mol. The molecule has 0 radical (unpaired) electrons.